The molecule has 0 radical (unpaired) electrons. The third-order valence-electron chi connectivity index (χ3n) is 2.16. The topological polar surface area (TPSA) is 55.1 Å². The van der Waals surface area contributed by atoms with Gasteiger partial charge in [0.2, 0.25) is 0 Å². The van der Waals surface area contributed by atoms with Crippen molar-refractivity contribution in [2.45, 2.75) is 12.2 Å². The molecule has 1 aromatic carbocycles. The molecule has 0 amide bonds. The molecule has 0 bridgehead atoms. The van der Waals surface area contributed by atoms with Crippen LogP contribution >= 0.6 is 22.6 Å². The highest BCUT2D eigenvalue weighted by Gasteiger charge is 2.06. The summed E-state index contributed by atoms with van der Waals surface area (Å²) in [5.41, 5.74) is 7.48. The summed E-state index contributed by atoms with van der Waals surface area (Å²) in [6, 6.07) is 5.85. The van der Waals surface area contributed by atoms with Gasteiger partial charge in [-0.25, -0.2) is 0 Å². The molecule has 0 saturated carbocycles. The van der Waals surface area contributed by atoms with Crippen molar-refractivity contribution in [2.75, 3.05) is 23.9 Å². The largest absolute Gasteiger partial charge is 0.397 e. The van der Waals surface area contributed by atoms with E-state index in [9.17, 15) is 4.21 Å². The summed E-state index contributed by atoms with van der Waals surface area (Å²) >= 11 is 2.22. The minimum absolute atomic E-state index is 0.128. The van der Waals surface area contributed by atoms with E-state index in [1.54, 1.807) is 6.26 Å². The second kappa shape index (κ2) is 5.69. The SMILES string of the molecule is CC(CNc1ccc(I)cc1N)S(C)=O. The fourth-order valence-corrected chi connectivity index (χ4v) is 1.90. The summed E-state index contributed by atoms with van der Waals surface area (Å²) in [6.07, 6.45) is 1.71. The fourth-order valence-electron chi connectivity index (χ4n) is 1.07. The fraction of sp³-hybridized carbons (Fsp3) is 0.400. The Morgan fingerprint density at radius 3 is 2.80 bits per heavy atom. The van der Waals surface area contributed by atoms with E-state index in [0.717, 1.165) is 14.9 Å². The van der Waals surface area contributed by atoms with Crippen LogP contribution in [0.15, 0.2) is 18.2 Å². The average Bonchev–Trinajstić information content (AvgIpc) is 2.15. The Bertz CT molecular complexity index is 370. The van der Waals surface area contributed by atoms with Gasteiger partial charge in [0.15, 0.2) is 0 Å². The maximum absolute atomic E-state index is 11.1. The third kappa shape index (κ3) is 3.98. The molecule has 0 fully saturated rings. The molecule has 0 saturated heterocycles. The molecular formula is C10H15IN2OS. The number of hydrogen-bond donors (Lipinski definition) is 2. The van der Waals surface area contributed by atoms with Crippen LogP contribution in [0.1, 0.15) is 6.92 Å². The van der Waals surface area contributed by atoms with Crippen molar-refractivity contribution in [1.82, 2.24) is 0 Å². The normalized spacial score (nSPS) is 14.6. The predicted octanol–water partition coefficient (Wildman–Crippen LogP) is 2.05. The van der Waals surface area contributed by atoms with E-state index in [-0.39, 0.29) is 5.25 Å². The molecule has 2 atom stereocenters. The summed E-state index contributed by atoms with van der Waals surface area (Å²) in [4.78, 5) is 0. The van der Waals surface area contributed by atoms with Gasteiger partial charge in [-0.15, -0.1) is 0 Å². The van der Waals surface area contributed by atoms with Crippen molar-refractivity contribution in [3.05, 3.63) is 21.8 Å². The average molecular weight is 338 g/mol. The van der Waals surface area contributed by atoms with E-state index >= 15 is 0 Å². The molecular weight excluding hydrogens is 323 g/mol. The quantitative estimate of drug-likeness (QED) is 0.653. The number of benzene rings is 1. The van der Waals surface area contributed by atoms with Gasteiger partial charge in [-0.2, -0.15) is 0 Å². The van der Waals surface area contributed by atoms with Gasteiger partial charge in [-0.05, 0) is 47.7 Å². The summed E-state index contributed by atoms with van der Waals surface area (Å²) in [7, 11) is -0.800. The highest BCUT2D eigenvalue weighted by atomic mass is 127. The van der Waals surface area contributed by atoms with Crippen LogP contribution < -0.4 is 11.1 Å². The van der Waals surface area contributed by atoms with Crippen LogP contribution in [0, 0.1) is 3.57 Å². The lowest BCUT2D eigenvalue weighted by molar-refractivity contribution is 0.679. The zero-order valence-electron chi connectivity index (χ0n) is 8.79. The zero-order chi connectivity index (χ0) is 11.4. The van der Waals surface area contributed by atoms with Crippen molar-refractivity contribution in [1.29, 1.82) is 0 Å². The Balaban J connectivity index is 2.62. The standard InChI is InChI=1S/C10H15IN2OS/c1-7(15(2)14)6-13-10-4-3-8(11)5-9(10)12/h3-5,7,13H,6,12H2,1-2H3. The Morgan fingerprint density at radius 2 is 2.27 bits per heavy atom. The van der Waals surface area contributed by atoms with E-state index in [0.29, 0.717) is 6.54 Å². The maximum atomic E-state index is 11.1. The molecule has 0 aliphatic heterocycles. The number of nitrogen functional groups attached to an aromatic ring is 1. The molecule has 1 rings (SSSR count). The van der Waals surface area contributed by atoms with Crippen molar-refractivity contribution in [3.8, 4) is 0 Å². The molecule has 3 N–H and O–H groups in total. The Kier molecular flexibility index (Phi) is 4.85. The summed E-state index contributed by atoms with van der Waals surface area (Å²) in [5, 5.41) is 3.33. The number of anilines is 2. The number of nitrogens with two attached hydrogens (primary N) is 1. The van der Waals surface area contributed by atoms with Crippen LogP contribution in [0.3, 0.4) is 0 Å². The summed E-state index contributed by atoms with van der Waals surface area (Å²) in [6.45, 7) is 2.62. The van der Waals surface area contributed by atoms with Crippen molar-refractivity contribution >= 4 is 44.8 Å². The van der Waals surface area contributed by atoms with Gasteiger partial charge in [-0.3, -0.25) is 4.21 Å². The van der Waals surface area contributed by atoms with Crippen LogP contribution in [0.5, 0.6) is 0 Å². The molecule has 2 unspecified atom stereocenters. The molecule has 0 spiro atoms. The van der Waals surface area contributed by atoms with E-state index in [1.807, 2.05) is 25.1 Å². The van der Waals surface area contributed by atoms with Crippen LogP contribution in [0.4, 0.5) is 11.4 Å². The van der Waals surface area contributed by atoms with Crippen LogP contribution in [0.25, 0.3) is 0 Å². The zero-order valence-corrected chi connectivity index (χ0v) is 11.8. The van der Waals surface area contributed by atoms with E-state index in [2.05, 4.69) is 27.9 Å². The highest BCUT2D eigenvalue weighted by Crippen LogP contribution is 2.20. The molecule has 0 heterocycles. The Labute approximate surface area is 106 Å². The van der Waals surface area contributed by atoms with E-state index < -0.39 is 10.8 Å². The first kappa shape index (κ1) is 12.8. The maximum Gasteiger partial charge on any atom is 0.0575 e. The van der Waals surface area contributed by atoms with Crippen LogP contribution in [0.2, 0.25) is 0 Å². The van der Waals surface area contributed by atoms with Gasteiger partial charge >= 0.3 is 0 Å². The van der Waals surface area contributed by atoms with Gasteiger partial charge in [0.1, 0.15) is 0 Å². The van der Waals surface area contributed by atoms with Gasteiger partial charge < -0.3 is 11.1 Å². The van der Waals surface area contributed by atoms with Crippen molar-refractivity contribution < 1.29 is 4.21 Å². The van der Waals surface area contributed by atoms with Gasteiger partial charge in [0.25, 0.3) is 0 Å². The molecule has 0 aliphatic carbocycles. The highest BCUT2D eigenvalue weighted by molar-refractivity contribution is 14.1. The van der Waals surface area contributed by atoms with Gasteiger partial charge in [0.05, 0.1) is 11.4 Å². The molecule has 5 heteroatoms. The van der Waals surface area contributed by atoms with Crippen molar-refractivity contribution in [3.63, 3.8) is 0 Å². The number of rotatable bonds is 4. The second-order valence-corrected chi connectivity index (χ2v) is 6.47. The lowest BCUT2D eigenvalue weighted by Crippen LogP contribution is -2.21. The van der Waals surface area contributed by atoms with E-state index in [4.69, 9.17) is 5.73 Å². The smallest absolute Gasteiger partial charge is 0.0575 e. The summed E-state index contributed by atoms with van der Waals surface area (Å²) < 4.78 is 12.3. The molecule has 1 aromatic rings. The third-order valence-corrected chi connectivity index (χ3v) is 4.13. The second-order valence-electron chi connectivity index (χ2n) is 3.42. The first-order valence-electron chi connectivity index (χ1n) is 4.62. The predicted molar refractivity (Wildman–Crippen MR) is 75.6 cm³/mol. The monoisotopic (exact) mass is 338 g/mol. The molecule has 3 nitrogen and oxygen atoms in total. The first-order valence-corrected chi connectivity index (χ1v) is 7.32. The number of nitrogens with one attached hydrogen (secondary N) is 1. The minimum Gasteiger partial charge on any atom is -0.397 e. The van der Waals surface area contributed by atoms with Crippen LogP contribution in [-0.2, 0) is 10.8 Å². The number of halogens is 1. The molecule has 15 heavy (non-hydrogen) atoms. The van der Waals surface area contributed by atoms with E-state index in [1.165, 1.54) is 0 Å². The first-order chi connectivity index (χ1) is 7.00. The Hall–Kier alpha value is -0.300. The number of hydrogen-bond acceptors (Lipinski definition) is 3. The lowest BCUT2D eigenvalue weighted by atomic mass is 10.2. The molecule has 0 aromatic heterocycles. The van der Waals surface area contributed by atoms with Gasteiger partial charge in [0, 0.05) is 32.4 Å². The minimum atomic E-state index is -0.800. The lowest BCUT2D eigenvalue weighted by Gasteiger charge is -2.13. The Morgan fingerprint density at radius 1 is 1.60 bits per heavy atom. The molecule has 84 valence electrons. The van der Waals surface area contributed by atoms with Crippen LogP contribution in [-0.4, -0.2) is 22.3 Å². The van der Waals surface area contributed by atoms with Crippen molar-refractivity contribution in [2.24, 2.45) is 0 Å². The summed E-state index contributed by atoms with van der Waals surface area (Å²) in [5.74, 6) is 0. The van der Waals surface area contributed by atoms with Gasteiger partial charge in [-0.1, -0.05) is 0 Å². The molecule has 0 aliphatic rings.